The minimum Gasteiger partial charge on any atom is -0.452 e. The number of esters is 1. The molecule has 0 saturated heterocycles. The van der Waals surface area contributed by atoms with Crippen LogP contribution >= 0.6 is 11.3 Å². The van der Waals surface area contributed by atoms with E-state index in [9.17, 15) is 14.4 Å². The first kappa shape index (κ1) is 18.4. The van der Waals surface area contributed by atoms with Crippen LogP contribution in [0.5, 0.6) is 0 Å². The number of rotatable bonds is 5. The van der Waals surface area contributed by atoms with E-state index in [1.54, 1.807) is 6.20 Å². The molecule has 26 heavy (non-hydrogen) atoms. The molecule has 0 unspecified atom stereocenters. The zero-order valence-corrected chi connectivity index (χ0v) is 15.4. The Labute approximate surface area is 154 Å². The van der Waals surface area contributed by atoms with E-state index in [0.29, 0.717) is 5.69 Å². The fraction of sp³-hybridized carbons (Fsp3) is 0.529. The van der Waals surface area contributed by atoms with Gasteiger partial charge in [-0.2, -0.15) is 0 Å². The molecule has 3 rings (SSSR count). The fourth-order valence-corrected chi connectivity index (χ4v) is 3.70. The predicted octanol–water partition coefficient (Wildman–Crippen LogP) is 2.03. The minimum absolute atomic E-state index is 0.0275. The van der Waals surface area contributed by atoms with E-state index in [-0.39, 0.29) is 12.5 Å². The van der Waals surface area contributed by atoms with Gasteiger partial charge in [-0.1, -0.05) is 19.3 Å². The molecule has 0 aliphatic heterocycles. The van der Waals surface area contributed by atoms with E-state index in [0.717, 1.165) is 30.6 Å². The van der Waals surface area contributed by atoms with Crippen molar-refractivity contribution >= 4 is 34.2 Å². The van der Waals surface area contributed by atoms with Gasteiger partial charge < -0.3 is 10.1 Å². The SMILES string of the molecule is C[C@H](OC(=O)Cc1cn2ccsc2n1)C(=O)NC(=O)NC1CCCCC1. The summed E-state index contributed by atoms with van der Waals surface area (Å²) in [6.45, 7) is 1.44. The molecule has 2 aromatic rings. The zero-order valence-electron chi connectivity index (χ0n) is 14.6. The monoisotopic (exact) mass is 378 g/mol. The van der Waals surface area contributed by atoms with Crippen molar-refractivity contribution < 1.29 is 19.1 Å². The average Bonchev–Trinajstić information content (AvgIpc) is 3.16. The first-order valence-electron chi connectivity index (χ1n) is 8.73. The third kappa shape index (κ3) is 4.81. The molecule has 1 saturated carbocycles. The second kappa shape index (κ2) is 8.31. The summed E-state index contributed by atoms with van der Waals surface area (Å²) < 4.78 is 6.92. The van der Waals surface area contributed by atoms with Crippen molar-refractivity contribution in [2.24, 2.45) is 0 Å². The van der Waals surface area contributed by atoms with Crippen molar-refractivity contribution in [3.05, 3.63) is 23.5 Å². The van der Waals surface area contributed by atoms with Gasteiger partial charge in [0.1, 0.15) is 0 Å². The first-order valence-corrected chi connectivity index (χ1v) is 9.61. The molecule has 3 amide bonds. The highest BCUT2D eigenvalue weighted by atomic mass is 32.1. The van der Waals surface area contributed by atoms with Crippen LogP contribution in [-0.4, -0.2) is 39.4 Å². The van der Waals surface area contributed by atoms with Crippen molar-refractivity contribution in [3.8, 4) is 0 Å². The highest BCUT2D eigenvalue weighted by Gasteiger charge is 2.22. The Morgan fingerprint density at radius 1 is 1.35 bits per heavy atom. The second-order valence-electron chi connectivity index (χ2n) is 6.43. The van der Waals surface area contributed by atoms with Gasteiger partial charge in [-0.3, -0.25) is 19.3 Å². The van der Waals surface area contributed by atoms with E-state index in [2.05, 4.69) is 15.6 Å². The lowest BCUT2D eigenvalue weighted by Gasteiger charge is -2.23. The van der Waals surface area contributed by atoms with Gasteiger partial charge >= 0.3 is 12.0 Å². The predicted molar refractivity (Wildman–Crippen MR) is 95.9 cm³/mol. The molecule has 0 radical (unpaired) electrons. The fourth-order valence-electron chi connectivity index (χ4n) is 2.98. The van der Waals surface area contributed by atoms with Gasteiger partial charge in [0.05, 0.1) is 12.1 Å². The van der Waals surface area contributed by atoms with Crippen molar-refractivity contribution in [1.29, 1.82) is 0 Å². The summed E-state index contributed by atoms with van der Waals surface area (Å²) in [4.78, 5) is 41.0. The summed E-state index contributed by atoms with van der Waals surface area (Å²) in [6.07, 6.45) is 7.71. The lowest BCUT2D eigenvalue weighted by molar-refractivity contribution is -0.153. The number of ether oxygens (including phenoxy) is 1. The van der Waals surface area contributed by atoms with Crippen LogP contribution in [-0.2, 0) is 20.7 Å². The van der Waals surface area contributed by atoms with Crippen molar-refractivity contribution in [2.45, 2.75) is 57.6 Å². The number of nitrogens with zero attached hydrogens (tertiary/aromatic N) is 2. The minimum atomic E-state index is -1.05. The number of imide groups is 1. The maximum Gasteiger partial charge on any atom is 0.321 e. The highest BCUT2D eigenvalue weighted by Crippen LogP contribution is 2.17. The molecule has 1 aliphatic carbocycles. The topological polar surface area (TPSA) is 102 Å². The van der Waals surface area contributed by atoms with E-state index >= 15 is 0 Å². The number of hydrogen-bond donors (Lipinski definition) is 2. The number of imidazole rings is 1. The van der Waals surface area contributed by atoms with E-state index < -0.39 is 24.0 Å². The van der Waals surface area contributed by atoms with Crippen LogP contribution in [0.1, 0.15) is 44.7 Å². The van der Waals surface area contributed by atoms with Crippen LogP contribution in [0.4, 0.5) is 4.79 Å². The molecule has 1 aliphatic rings. The third-order valence-electron chi connectivity index (χ3n) is 4.32. The molecule has 9 heteroatoms. The molecule has 8 nitrogen and oxygen atoms in total. The molecular weight excluding hydrogens is 356 g/mol. The number of carbonyl (C=O) groups excluding carboxylic acids is 3. The number of nitrogens with one attached hydrogen (secondary N) is 2. The Balaban J connectivity index is 1.43. The Bertz CT molecular complexity index is 765. The maximum absolute atomic E-state index is 12.0. The van der Waals surface area contributed by atoms with Crippen LogP contribution in [0, 0.1) is 0 Å². The molecule has 2 heterocycles. The Hall–Kier alpha value is -2.42. The van der Waals surface area contributed by atoms with Gasteiger partial charge in [0.25, 0.3) is 5.91 Å². The number of aromatic nitrogens is 2. The zero-order chi connectivity index (χ0) is 18.5. The molecule has 2 N–H and O–H groups in total. The second-order valence-corrected chi connectivity index (χ2v) is 7.30. The summed E-state index contributed by atoms with van der Waals surface area (Å²) in [5.74, 6) is -1.21. The first-order chi connectivity index (χ1) is 12.5. The van der Waals surface area contributed by atoms with Crippen molar-refractivity contribution in [2.75, 3.05) is 0 Å². The quantitative estimate of drug-likeness (QED) is 0.775. The number of amides is 3. The summed E-state index contributed by atoms with van der Waals surface area (Å²) >= 11 is 1.47. The number of carbonyl (C=O) groups is 3. The summed E-state index contributed by atoms with van der Waals surface area (Å²) in [6, 6.07) is -0.441. The van der Waals surface area contributed by atoms with Gasteiger partial charge in [0.2, 0.25) is 0 Å². The van der Waals surface area contributed by atoms with Crippen molar-refractivity contribution in [1.82, 2.24) is 20.0 Å². The molecule has 0 bridgehead atoms. The van der Waals surface area contributed by atoms with Crippen molar-refractivity contribution in [3.63, 3.8) is 0 Å². The average molecular weight is 378 g/mol. The Morgan fingerprint density at radius 2 is 2.12 bits per heavy atom. The normalized spacial score (nSPS) is 16.2. The highest BCUT2D eigenvalue weighted by molar-refractivity contribution is 7.15. The van der Waals surface area contributed by atoms with Crippen LogP contribution in [0.3, 0.4) is 0 Å². The number of fused-ring (bicyclic) bond motifs is 1. The maximum atomic E-state index is 12.0. The molecule has 1 atom stereocenters. The summed E-state index contributed by atoms with van der Waals surface area (Å²) in [7, 11) is 0. The Kier molecular flexibility index (Phi) is 5.87. The number of hydrogen-bond acceptors (Lipinski definition) is 6. The van der Waals surface area contributed by atoms with Crippen LogP contribution in [0.15, 0.2) is 17.8 Å². The molecule has 0 aromatic carbocycles. The number of thiazole rings is 1. The number of urea groups is 1. The Morgan fingerprint density at radius 3 is 2.85 bits per heavy atom. The van der Waals surface area contributed by atoms with E-state index in [4.69, 9.17) is 4.74 Å². The lowest BCUT2D eigenvalue weighted by Crippen LogP contribution is -2.48. The van der Waals surface area contributed by atoms with Gasteiger partial charge in [0.15, 0.2) is 11.1 Å². The standard InChI is InChI=1S/C17H22N4O4S/c1-11(15(23)20-16(24)18-12-5-3-2-4-6-12)25-14(22)9-13-10-21-7-8-26-17(21)19-13/h7-8,10-12H,2-6,9H2,1H3,(H2,18,20,23,24)/t11-/m0/s1. The third-order valence-corrected chi connectivity index (χ3v) is 5.09. The van der Waals surface area contributed by atoms with Gasteiger partial charge in [-0.05, 0) is 19.8 Å². The summed E-state index contributed by atoms with van der Waals surface area (Å²) in [5, 5.41) is 6.91. The molecule has 0 spiro atoms. The van der Waals surface area contributed by atoms with Crippen LogP contribution in [0.2, 0.25) is 0 Å². The van der Waals surface area contributed by atoms with Gasteiger partial charge in [-0.15, -0.1) is 11.3 Å². The van der Waals surface area contributed by atoms with Crippen LogP contribution < -0.4 is 10.6 Å². The van der Waals surface area contributed by atoms with Gasteiger partial charge in [0, 0.05) is 23.8 Å². The van der Waals surface area contributed by atoms with Gasteiger partial charge in [-0.25, -0.2) is 9.78 Å². The largest absolute Gasteiger partial charge is 0.452 e. The van der Waals surface area contributed by atoms with Crippen LogP contribution in [0.25, 0.3) is 4.96 Å². The molecular formula is C17H22N4O4S. The summed E-state index contributed by atoms with van der Waals surface area (Å²) in [5.41, 5.74) is 0.574. The lowest BCUT2D eigenvalue weighted by atomic mass is 9.96. The smallest absolute Gasteiger partial charge is 0.321 e. The molecule has 2 aromatic heterocycles. The van der Waals surface area contributed by atoms with E-state index in [1.165, 1.54) is 24.7 Å². The molecule has 140 valence electrons. The van der Waals surface area contributed by atoms with E-state index in [1.807, 2.05) is 16.0 Å². The molecule has 1 fully saturated rings.